The standard InChI is InChI=1S/C18H20FN3OS/c19-15-3-1-2-13(8-15)10-22-11-14-4-6-21(16(9-14)18(22)23)12-17-20-5-7-24-17/h1-3,5,7-8,14,16H,4,6,9-12H2/t14-,16+/m0/s1. The van der Waals surface area contributed by atoms with Gasteiger partial charge in [0, 0.05) is 24.7 Å². The summed E-state index contributed by atoms with van der Waals surface area (Å²) in [5, 5.41) is 3.03. The second-order valence-corrected chi connectivity index (χ2v) is 7.63. The topological polar surface area (TPSA) is 36.4 Å². The second-order valence-electron chi connectivity index (χ2n) is 6.65. The SMILES string of the molecule is O=C1[C@H]2C[C@H](CCN2Cc2nccs2)CN1Cc1cccc(F)c1. The van der Waals surface area contributed by atoms with Crippen molar-refractivity contribution < 1.29 is 9.18 Å². The van der Waals surface area contributed by atoms with Crippen molar-refractivity contribution in [1.29, 1.82) is 0 Å². The van der Waals surface area contributed by atoms with Crippen LogP contribution in [0.4, 0.5) is 4.39 Å². The summed E-state index contributed by atoms with van der Waals surface area (Å²) in [6.07, 6.45) is 3.85. The molecule has 1 aromatic carbocycles. The maximum Gasteiger partial charge on any atom is 0.240 e. The largest absolute Gasteiger partial charge is 0.337 e. The van der Waals surface area contributed by atoms with Crippen LogP contribution in [0.3, 0.4) is 0 Å². The van der Waals surface area contributed by atoms with Crippen molar-refractivity contribution in [2.45, 2.75) is 32.0 Å². The number of carbonyl (C=O) groups is 1. The lowest BCUT2D eigenvalue weighted by molar-refractivity contribution is -0.146. The minimum absolute atomic E-state index is 0.0602. The minimum atomic E-state index is -0.248. The lowest BCUT2D eigenvalue weighted by Crippen LogP contribution is -2.58. The average molecular weight is 345 g/mol. The summed E-state index contributed by atoms with van der Waals surface area (Å²) in [4.78, 5) is 21.4. The van der Waals surface area contributed by atoms with Gasteiger partial charge in [-0.3, -0.25) is 9.69 Å². The number of thiazole rings is 1. The van der Waals surface area contributed by atoms with Crippen LogP contribution in [-0.2, 0) is 17.9 Å². The van der Waals surface area contributed by atoms with Crippen LogP contribution in [0.2, 0.25) is 0 Å². The molecule has 0 N–H and O–H groups in total. The maximum absolute atomic E-state index is 13.4. The Kier molecular flexibility index (Phi) is 4.33. The third kappa shape index (κ3) is 3.21. The Hall–Kier alpha value is -1.79. The van der Waals surface area contributed by atoms with Gasteiger partial charge in [0.25, 0.3) is 0 Å². The van der Waals surface area contributed by atoms with Crippen molar-refractivity contribution in [3.63, 3.8) is 0 Å². The Balaban J connectivity index is 1.49. The number of aromatic nitrogens is 1. The molecule has 2 aliphatic rings. The third-order valence-electron chi connectivity index (χ3n) is 4.98. The summed E-state index contributed by atoms with van der Waals surface area (Å²) < 4.78 is 13.4. The van der Waals surface area contributed by atoms with Crippen LogP contribution in [0.25, 0.3) is 0 Å². The molecule has 2 aliphatic heterocycles. The molecule has 2 saturated heterocycles. The molecule has 3 heterocycles. The minimum Gasteiger partial charge on any atom is -0.337 e. The van der Waals surface area contributed by atoms with Crippen LogP contribution in [0.15, 0.2) is 35.8 Å². The smallest absolute Gasteiger partial charge is 0.240 e. The Morgan fingerprint density at radius 3 is 3.04 bits per heavy atom. The summed E-state index contributed by atoms with van der Waals surface area (Å²) in [5.41, 5.74) is 0.856. The Morgan fingerprint density at radius 1 is 1.33 bits per heavy atom. The highest BCUT2D eigenvalue weighted by Gasteiger charge is 2.41. The van der Waals surface area contributed by atoms with E-state index in [1.54, 1.807) is 17.4 Å². The van der Waals surface area contributed by atoms with Crippen molar-refractivity contribution in [2.75, 3.05) is 13.1 Å². The molecule has 2 bridgehead atoms. The van der Waals surface area contributed by atoms with Gasteiger partial charge in [-0.05, 0) is 43.0 Å². The molecule has 24 heavy (non-hydrogen) atoms. The number of benzene rings is 1. The number of piperidine rings is 2. The molecule has 2 fully saturated rings. The van der Waals surface area contributed by atoms with Crippen molar-refractivity contribution in [3.8, 4) is 0 Å². The fourth-order valence-electron chi connectivity index (χ4n) is 3.81. The van der Waals surface area contributed by atoms with Gasteiger partial charge >= 0.3 is 0 Å². The van der Waals surface area contributed by atoms with E-state index in [1.165, 1.54) is 12.1 Å². The number of likely N-dealkylation sites (tertiary alicyclic amines) is 2. The van der Waals surface area contributed by atoms with Crippen LogP contribution in [-0.4, -0.2) is 39.8 Å². The van der Waals surface area contributed by atoms with Gasteiger partial charge < -0.3 is 4.90 Å². The van der Waals surface area contributed by atoms with Gasteiger partial charge in [0.15, 0.2) is 0 Å². The van der Waals surface area contributed by atoms with E-state index < -0.39 is 0 Å². The number of fused-ring (bicyclic) bond motifs is 2. The maximum atomic E-state index is 13.4. The van der Waals surface area contributed by atoms with E-state index in [-0.39, 0.29) is 17.8 Å². The molecule has 4 rings (SSSR count). The van der Waals surface area contributed by atoms with Crippen LogP contribution in [0, 0.1) is 11.7 Å². The molecule has 0 radical (unpaired) electrons. The highest BCUT2D eigenvalue weighted by molar-refractivity contribution is 7.09. The van der Waals surface area contributed by atoms with E-state index in [9.17, 15) is 9.18 Å². The van der Waals surface area contributed by atoms with Crippen molar-refractivity contribution in [3.05, 3.63) is 52.2 Å². The molecule has 4 nitrogen and oxygen atoms in total. The van der Waals surface area contributed by atoms with Crippen LogP contribution >= 0.6 is 11.3 Å². The molecule has 1 amide bonds. The molecule has 0 unspecified atom stereocenters. The van der Waals surface area contributed by atoms with Crippen molar-refractivity contribution >= 4 is 17.2 Å². The summed E-state index contributed by atoms with van der Waals surface area (Å²) in [6, 6.07) is 6.48. The molecule has 126 valence electrons. The molecule has 1 aromatic heterocycles. The van der Waals surface area contributed by atoms with Gasteiger partial charge in [-0.25, -0.2) is 9.37 Å². The zero-order valence-corrected chi connectivity index (χ0v) is 14.2. The number of carbonyl (C=O) groups excluding carboxylic acids is 1. The van der Waals surface area contributed by atoms with Gasteiger partial charge in [-0.15, -0.1) is 11.3 Å². The first kappa shape index (κ1) is 15.7. The lowest BCUT2D eigenvalue weighted by atomic mass is 9.85. The molecule has 6 heteroatoms. The fourth-order valence-corrected chi connectivity index (χ4v) is 4.46. The fraction of sp³-hybridized carbons (Fsp3) is 0.444. The second kappa shape index (κ2) is 6.61. The first-order valence-electron chi connectivity index (χ1n) is 8.34. The van der Waals surface area contributed by atoms with E-state index in [0.29, 0.717) is 12.5 Å². The van der Waals surface area contributed by atoms with E-state index in [1.807, 2.05) is 22.5 Å². The summed E-state index contributed by atoms with van der Waals surface area (Å²) >= 11 is 1.63. The number of amides is 1. The van der Waals surface area contributed by atoms with Crippen LogP contribution < -0.4 is 0 Å². The van der Waals surface area contributed by atoms with Gasteiger partial charge in [-0.2, -0.15) is 0 Å². The van der Waals surface area contributed by atoms with Crippen molar-refractivity contribution in [2.24, 2.45) is 5.92 Å². The molecule has 2 aromatic rings. The molecule has 2 atom stereocenters. The zero-order chi connectivity index (χ0) is 16.5. The van der Waals surface area contributed by atoms with Crippen molar-refractivity contribution in [1.82, 2.24) is 14.8 Å². The first-order valence-corrected chi connectivity index (χ1v) is 9.22. The van der Waals surface area contributed by atoms with E-state index >= 15 is 0 Å². The quantitative estimate of drug-likeness (QED) is 0.855. The van der Waals surface area contributed by atoms with E-state index in [2.05, 4.69) is 9.88 Å². The summed E-state index contributed by atoms with van der Waals surface area (Å²) in [7, 11) is 0. The van der Waals surface area contributed by atoms with E-state index in [4.69, 9.17) is 0 Å². The Morgan fingerprint density at radius 2 is 2.25 bits per heavy atom. The summed E-state index contributed by atoms with van der Waals surface area (Å²) in [6.45, 7) is 2.98. The lowest BCUT2D eigenvalue weighted by Gasteiger charge is -2.46. The average Bonchev–Trinajstić information content (AvgIpc) is 3.07. The Bertz CT molecular complexity index is 721. The van der Waals surface area contributed by atoms with Gasteiger partial charge in [-0.1, -0.05) is 12.1 Å². The normalized spacial score (nSPS) is 24.4. The van der Waals surface area contributed by atoms with Gasteiger partial charge in [0.05, 0.1) is 12.6 Å². The van der Waals surface area contributed by atoms with Gasteiger partial charge in [0.2, 0.25) is 5.91 Å². The molecule has 0 saturated carbocycles. The van der Waals surface area contributed by atoms with Crippen LogP contribution in [0.1, 0.15) is 23.4 Å². The first-order chi connectivity index (χ1) is 11.7. The number of nitrogens with zero attached hydrogens (tertiary/aromatic N) is 3. The molecule has 0 aliphatic carbocycles. The predicted octanol–water partition coefficient (Wildman–Crippen LogP) is 2.91. The molecular formula is C18H20FN3OS. The highest BCUT2D eigenvalue weighted by atomic mass is 32.1. The summed E-state index contributed by atoms with van der Waals surface area (Å²) in [5.74, 6) is 0.475. The number of hydrogen-bond acceptors (Lipinski definition) is 4. The monoisotopic (exact) mass is 345 g/mol. The van der Waals surface area contributed by atoms with E-state index in [0.717, 1.165) is 43.0 Å². The zero-order valence-electron chi connectivity index (χ0n) is 13.4. The third-order valence-corrected chi connectivity index (χ3v) is 5.75. The highest BCUT2D eigenvalue weighted by Crippen LogP contribution is 2.32. The Labute approximate surface area is 144 Å². The number of halogens is 1. The van der Waals surface area contributed by atoms with Crippen LogP contribution in [0.5, 0.6) is 0 Å². The molecular weight excluding hydrogens is 325 g/mol. The van der Waals surface area contributed by atoms with Gasteiger partial charge in [0.1, 0.15) is 10.8 Å². The molecule has 0 spiro atoms. The number of rotatable bonds is 4. The predicted molar refractivity (Wildman–Crippen MR) is 90.9 cm³/mol. The number of hydrogen-bond donors (Lipinski definition) is 0.